The van der Waals surface area contributed by atoms with Crippen molar-refractivity contribution in [2.75, 3.05) is 18.5 Å². The van der Waals surface area contributed by atoms with E-state index in [0.29, 0.717) is 5.56 Å². The van der Waals surface area contributed by atoms with Crippen LogP contribution in [-0.4, -0.2) is 24.1 Å². The van der Waals surface area contributed by atoms with Gasteiger partial charge in [0, 0.05) is 0 Å². The number of aryl methyl sites for hydroxylation is 1. The summed E-state index contributed by atoms with van der Waals surface area (Å²) in [5, 5.41) is 2.62. The number of anilines is 2. The number of nitrogens with one attached hydrogen (secondary N) is 2. The van der Waals surface area contributed by atoms with Gasteiger partial charge in [-0.25, -0.2) is 19.2 Å². The smallest absolute Gasteiger partial charge is 0.277 e. The molecule has 0 aliphatic carbocycles. The monoisotopic (exact) mass is 463 g/mol. The molecule has 2 aromatic carbocycles. The summed E-state index contributed by atoms with van der Waals surface area (Å²) >= 11 is 0. The van der Waals surface area contributed by atoms with E-state index >= 15 is 0 Å². The van der Waals surface area contributed by atoms with Crippen molar-refractivity contribution in [3.05, 3.63) is 66.3 Å². The van der Waals surface area contributed by atoms with Crippen molar-refractivity contribution in [1.29, 1.82) is 0 Å². The Bertz CT molecular complexity index is 1040. The lowest BCUT2D eigenvalue weighted by atomic mass is 10.1. The van der Waals surface area contributed by atoms with Gasteiger partial charge in [-0.15, -0.1) is 0 Å². The van der Waals surface area contributed by atoms with Crippen LogP contribution in [-0.2, 0) is 9.57 Å². The number of benzene rings is 2. The Labute approximate surface area is 192 Å². The van der Waals surface area contributed by atoms with E-state index in [1.807, 2.05) is 13.8 Å². The lowest BCUT2D eigenvalue weighted by molar-refractivity contribution is 0.0145. The molecule has 3 rings (SSSR count). The summed E-state index contributed by atoms with van der Waals surface area (Å²) in [7, 11) is 0. The first kappa shape index (κ1) is 27.6. The molecule has 0 atom stereocenters. The Hall–Kier alpha value is -3.46. The predicted octanol–water partition coefficient (Wildman–Crippen LogP) is 6.42. The van der Waals surface area contributed by atoms with Crippen LogP contribution in [0, 0.1) is 18.6 Å². The molecule has 0 aliphatic heterocycles. The van der Waals surface area contributed by atoms with Crippen molar-refractivity contribution in [1.82, 2.24) is 10.5 Å². The zero-order valence-electron chi connectivity index (χ0n) is 19.6. The van der Waals surface area contributed by atoms with Gasteiger partial charge in [-0.05, 0) is 30.7 Å². The number of hydrogen-bond donors (Lipinski definition) is 2. The molecule has 0 saturated carbocycles. The molecule has 2 N–H and O–H groups in total. The third-order valence-electron chi connectivity index (χ3n) is 3.78. The largest absolute Gasteiger partial charge is 0.499 e. The number of aromatic nitrogens is 1. The van der Waals surface area contributed by atoms with E-state index in [4.69, 9.17) is 14.0 Å². The molecule has 1 aromatic heterocycles. The molecule has 0 spiro atoms. The van der Waals surface area contributed by atoms with E-state index in [9.17, 15) is 13.6 Å². The van der Waals surface area contributed by atoms with Gasteiger partial charge in [-0.2, -0.15) is 0 Å². The highest BCUT2D eigenvalue weighted by molar-refractivity contribution is 6.03. The van der Waals surface area contributed by atoms with Crippen LogP contribution in [0.5, 0.6) is 0 Å². The highest BCUT2D eigenvalue weighted by atomic mass is 19.1. The van der Waals surface area contributed by atoms with Crippen molar-refractivity contribution in [2.24, 2.45) is 0 Å². The molecule has 0 fully saturated rings. The minimum atomic E-state index is -0.855. The third-order valence-corrected chi connectivity index (χ3v) is 3.78. The molecule has 1 amide bonds. The topological polar surface area (TPSA) is 85.6 Å². The van der Waals surface area contributed by atoms with Crippen molar-refractivity contribution in [3.8, 4) is 0 Å². The van der Waals surface area contributed by atoms with Gasteiger partial charge < -0.3 is 14.5 Å². The lowest BCUT2D eigenvalue weighted by Crippen LogP contribution is -2.26. The number of rotatable bonds is 8. The van der Waals surface area contributed by atoms with Gasteiger partial charge >= 0.3 is 0 Å². The highest BCUT2D eigenvalue weighted by Gasteiger charge is 2.22. The molecule has 1 heterocycles. The van der Waals surface area contributed by atoms with Crippen LogP contribution in [0.15, 0.2) is 47.9 Å². The molecule has 3 aromatic rings. The Morgan fingerprint density at radius 3 is 2.55 bits per heavy atom. The van der Waals surface area contributed by atoms with Gasteiger partial charge in [0.25, 0.3) is 5.91 Å². The van der Waals surface area contributed by atoms with E-state index in [1.165, 1.54) is 30.9 Å². The molecule has 33 heavy (non-hydrogen) atoms. The number of hydrogen-bond acceptors (Lipinski definition) is 6. The fraction of sp³-hybridized carbons (Fsp3) is 0.333. The third kappa shape index (κ3) is 7.87. The number of ether oxygens (including phenoxy) is 1. The van der Waals surface area contributed by atoms with Gasteiger partial charge in [-0.3, -0.25) is 9.63 Å². The SMILES string of the molecule is C=COCCONC(=O)c1cc2ocnc2c(F)c1Nc1ccc(C)cc1F.CC.CCC. The van der Waals surface area contributed by atoms with Crippen LogP contribution in [0.2, 0.25) is 0 Å². The maximum absolute atomic E-state index is 14.9. The number of carbonyl (C=O) groups is 1. The van der Waals surface area contributed by atoms with Gasteiger partial charge in [0.2, 0.25) is 0 Å². The first-order valence-electron chi connectivity index (χ1n) is 10.7. The number of amides is 1. The second-order valence-electron chi connectivity index (χ2n) is 6.44. The van der Waals surface area contributed by atoms with Crippen molar-refractivity contribution in [3.63, 3.8) is 0 Å². The number of hydroxylamine groups is 1. The lowest BCUT2D eigenvalue weighted by Gasteiger charge is -2.14. The fourth-order valence-electron chi connectivity index (χ4n) is 2.46. The van der Waals surface area contributed by atoms with Crippen LogP contribution in [0.4, 0.5) is 20.2 Å². The second-order valence-corrected chi connectivity index (χ2v) is 6.44. The van der Waals surface area contributed by atoms with E-state index in [-0.39, 0.29) is 41.3 Å². The Balaban J connectivity index is 0.00000101. The van der Waals surface area contributed by atoms with Crippen LogP contribution in [0.1, 0.15) is 50.0 Å². The number of halogens is 2. The van der Waals surface area contributed by atoms with E-state index < -0.39 is 17.5 Å². The summed E-state index contributed by atoms with van der Waals surface area (Å²) in [4.78, 5) is 21.3. The minimum Gasteiger partial charge on any atom is -0.499 e. The Kier molecular flexibility index (Phi) is 12.2. The standard InChI is InChI=1S/C19H17F2N3O4.C3H8.C2H6/c1-3-26-6-7-28-24-19(25)12-9-15-18(22-10-27-15)16(21)17(12)23-14-5-4-11(2)8-13(14)20;1-3-2;1-2/h3-5,8-10,23H,1,6-7H2,2H3,(H,24,25);3H2,1-2H3;1-2H3. The summed E-state index contributed by atoms with van der Waals surface area (Å²) in [6.07, 6.45) is 3.53. The molecule has 0 bridgehead atoms. The molecule has 0 unspecified atom stereocenters. The number of fused-ring (bicyclic) bond motifs is 1. The van der Waals surface area contributed by atoms with E-state index in [2.05, 4.69) is 36.2 Å². The Morgan fingerprint density at radius 2 is 1.91 bits per heavy atom. The van der Waals surface area contributed by atoms with Gasteiger partial charge in [0.15, 0.2) is 17.8 Å². The normalized spacial score (nSPS) is 9.79. The summed E-state index contributed by atoms with van der Waals surface area (Å²) < 4.78 is 39.1. The zero-order valence-corrected chi connectivity index (χ0v) is 19.6. The fourth-order valence-corrected chi connectivity index (χ4v) is 2.46. The maximum Gasteiger partial charge on any atom is 0.277 e. The average Bonchev–Trinajstić information content (AvgIpc) is 3.28. The predicted molar refractivity (Wildman–Crippen MR) is 125 cm³/mol. The molecule has 7 nitrogen and oxygen atoms in total. The minimum absolute atomic E-state index is 0.00157. The molecule has 180 valence electrons. The van der Waals surface area contributed by atoms with Gasteiger partial charge in [0.05, 0.1) is 23.2 Å². The van der Waals surface area contributed by atoms with Crippen molar-refractivity contribution >= 4 is 28.4 Å². The first-order valence-corrected chi connectivity index (χ1v) is 10.7. The van der Waals surface area contributed by atoms with E-state index in [0.717, 1.165) is 6.39 Å². The quantitative estimate of drug-likeness (QED) is 0.228. The number of nitrogens with zero attached hydrogens (tertiary/aromatic N) is 1. The van der Waals surface area contributed by atoms with Crippen molar-refractivity contribution < 1.29 is 27.6 Å². The zero-order chi connectivity index (χ0) is 24.8. The molecule has 9 heteroatoms. The molecular formula is C24H31F2N3O4. The summed E-state index contributed by atoms with van der Waals surface area (Å²) in [5.41, 5.74) is 2.44. The average molecular weight is 464 g/mol. The first-order chi connectivity index (χ1) is 15.9. The number of carbonyl (C=O) groups excluding carboxylic acids is 1. The van der Waals surface area contributed by atoms with Crippen LogP contribution < -0.4 is 10.8 Å². The van der Waals surface area contributed by atoms with Gasteiger partial charge in [-0.1, -0.05) is 46.8 Å². The summed E-state index contributed by atoms with van der Waals surface area (Å²) in [6.45, 7) is 13.6. The van der Waals surface area contributed by atoms with E-state index in [1.54, 1.807) is 13.0 Å². The van der Waals surface area contributed by atoms with Crippen LogP contribution in [0.25, 0.3) is 11.1 Å². The molecule has 0 radical (unpaired) electrons. The molecule has 0 aliphatic rings. The second kappa shape index (κ2) is 14.6. The highest BCUT2D eigenvalue weighted by Crippen LogP contribution is 2.31. The maximum atomic E-state index is 14.9. The molecule has 0 saturated heterocycles. The van der Waals surface area contributed by atoms with Crippen LogP contribution >= 0.6 is 0 Å². The Morgan fingerprint density at radius 1 is 1.21 bits per heavy atom. The summed E-state index contributed by atoms with van der Waals surface area (Å²) in [6, 6.07) is 5.68. The van der Waals surface area contributed by atoms with Crippen molar-refractivity contribution in [2.45, 2.75) is 41.0 Å². The molecular weight excluding hydrogens is 432 g/mol. The van der Waals surface area contributed by atoms with Gasteiger partial charge in [0.1, 0.15) is 24.5 Å². The van der Waals surface area contributed by atoms with Crippen LogP contribution in [0.3, 0.4) is 0 Å². The number of oxazole rings is 1. The summed E-state index contributed by atoms with van der Waals surface area (Å²) in [5.74, 6) is -2.21.